The van der Waals surface area contributed by atoms with Gasteiger partial charge in [0.1, 0.15) is 11.8 Å². The lowest BCUT2D eigenvalue weighted by Crippen LogP contribution is -2.54. The van der Waals surface area contributed by atoms with Crippen molar-refractivity contribution in [2.24, 2.45) is 5.92 Å². The van der Waals surface area contributed by atoms with E-state index in [2.05, 4.69) is 0 Å². The Morgan fingerprint density at radius 3 is 2.48 bits per heavy atom. The molecule has 5 nitrogen and oxygen atoms in total. The van der Waals surface area contributed by atoms with Gasteiger partial charge in [-0.1, -0.05) is 6.92 Å². The summed E-state index contributed by atoms with van der Waals surface area (Å²) >= 11 is 0. The lowest BCUT2D eigenvalue weighted by Gasteiger charge is -2.45. The molecule has 0 N–H and O–H groups in total. The fourth-order valence-corrected chi connectivity index (χ4v) is 3.56. The minimum absolute atomic E-state index is 0.0996. The van der Waals surface area contributed by atoms with Gasteiger partial charge in [-0.2, -0.15) is 0 Å². The molecule has 0 saturated heterocycles. The van der Waals surface area contributed by atoms with Crippen LogP contribution in [-0.2, 0) is 21.5 Å². The fraction of sp³-hybridized carbons (Fsp3) is 0.556. The Balaban J connectivity index is 2.12. The smallest absolute Gasteiger partial charge is 0.226 e. The van der Waals surface area contributed by atoms with Crippen LogP contribution >= 0.6 is 0 Å². The molecule has 1 atom stereocenters. The molecule has 23 heavy (non-hydrogen) atoms. The first-order valence-corrected chi connectivity index (χ1v) is 8.14. The molecule has 1 fully saturated rings. The molecule has 0 bridgehead atoms. The summed E-state index contributed by atoms with van der Waals surface area (Å²) in [4.78, 5) is 26.6. The molecular formula is C18H23NO4. The summed E-state index contributed by atoms with van der Waals surface area (Å²) in [5, 5.41) is 0. The molecule has 5 heteroatoms. The van der Waals surface area contributed by atoms with Gasteiger partial charge >= 0.3 is 0 Å². The van der Waals surface area contributed by atoms with E-state index in [0.29, 0.717) is 24.5 Å². The van der Waals surface area contributed by atoms with E-state index in [-0.39, 0.29) is 11.8 Å². The van der Waals surface area contributed by atoms with Gasteiger partial charge < -0.3 is 19.2 Å². The molecule has 2 aliphatic rings. The SMILES string of the molecule is CCC1(C=O)c2cc(OC)c(OC)cc2CCN1C(=O)C1CC1. The van der Waals surface area contributed by atoms with Crippen LogP contribution < -0.4 is 9.47 Å². The highest BCUT2D eigenvalue weighted by Crippen LogP contribution is 2.44. The van der Waals surface area contributed by atoms with Crippen LogP contribution in [0.15, 0.2) is 12.1 Å². The van der Waals surface area contributed by atoms with Crippen molar-refractivity contribution < 1.29 is 19.1 Å². The second-order valence-corrected chi connectivity index (χ2v) is 6.27. The molecular weight excluding hydrogens is 294 g/mol. The number of nitrogens with zero attached hydrogens (tertiary/aromatic N) is 1. The first kappa shape index (κ1) is 15.8. The highest BCUT2D eigenvalue weighted by atomic mass is 16.5. The predicted molar refractivity (Wildman–Crippen MR) is 85.7 cm³/mol. The zero-order valence-electron chi connectivity index (χ0n) is 13.9. The molecule has 1 heterocycles. The molecule has 1 saturated carbocycles. The van der Waals surface area contributed by atoms with Gasteiger partial charge in [0.25, 0.3) is 0 Å². The van der Waals surface area contributed by atoms with E-state index in [1.165, 1.54) is 0 Å². The number of carbonyl (C=O) groups excluding carboxylic acids is 2. The summed E-state index contributed by atoms with van der Waals surface area (Å²) in [6.07, 6.45) is 4.08. The van der Waals surface area contributed by atoms with E-state index in [0.717, 1.165) is 36.7 Å². The topological polar surface area (TPSA) is 55.8 Å². The van der Waals surface area contributed by atoms with Crippen LogP contribution in [0.5, 0.6) is 11.5 Å². The Labute approximate surface area is 136 Å². The second-order valence-electron chi connectivity index (χ2n) is 6.27. The van der Waals surface area contributed by atoms with Crippen molar-refractivity contribution in [2.75, 3.05) is 20.8 Å². The quantitative estimate of drug-likeness (QED) is 0.782. The van der Waals surface area contributed by atoms with E-state index in [9.17, 15) is 9.59 Å². The van der Waals surface area contributed by atoms with Crippen molar-refractivity contribution in [3.8, 4) is 11.5 Å². The van der Waals surface area contributed by atoms with Gasteiger partial charge in [-0.15, -0.1) is 0 Å². The first-order chi connectivity index (χ1) is 11.1. The van der Waals surface area contributed by atoms with Gasteiger partial charge in [0.2, 0.25) is 5.91 Å². The number of fused-ring (bicyclic) bond motifs is 1. The number of aldehydes is 1. The molecule has 124 valence electrons. The van der Waals surface area contributed by atoms with Crippen molar-refractivity contribution in [3.63, 3.8) is 0 Å². The maximum atomic E-state index is 12.7. The van der Waals surface area contributed by atoms with Crippen LogP contribution in [-0.4, -0.2) is 37.9 Å². The van der Waals surface area contributed by atoms with Crippen molar-refractivity contribution in [3.05, 3.63) is 23.3 Å². The third-order valence-corrected chi connectivity index (χ3v) is 5.09. The van der Waals surface area contributed by atoms with Crippen LogP contribution in [0, 0.1) is 5.92 Å². The van der Waals surface area contributed by atoms with Crippen molar-refractivity contribution in [1.82, 2.24) is 4.90 Å². The Hall–Kier alpha value is -2.04. The summed E-state index contributed by atoms with van der Waals surface area (Å²) in [6, 6.07) is 3.79. The molecule has 1 amide bonds. The minimum atomic E-state index is -0.896. The first-order valence-electron chi connectivity index (χ1n) is 8.14. The molecule has 0 radical (unpaired) electrons. The maximum absolute atomic E-state index is 12.7. The van der Waals surface area contributed by atoms with Gasteiger partial charge in [-0.05, 0) is 48.9 Å². The molecule has 1 aromatic rings. The summed E-state index contributed by atoms with van der Waals surface area (Å²) in [5.41, 5.74) is 1.02. The number of rotatable bonds is 5. The number of benzene rings is 1. The molecule has 1 aliphatic heterocycles. The Morgan fingerprint density at radius 1 is 1.30 bits per heavy atom. The standard InChI is InChI=1S/C18H23NO4/c1-4-18(11-20)14-10-16(23-3)15(22-2)9-13(14)7-8-19(18)17(21)12-5-6-12/h9-12H,4-8H2,1-3H3. The normalized spacial score (nSPS) is 23.2. The fourth-order valence-electron chi connectivity index (χ4n) is 3.56. The lowest BCUT2D eigenvalue weighted by atomic mass is 9.79. The summed E-state index contributed by atoms with van der Waals surface area (Å²) in [7, 11) is 3.18. The third kappa shape index (κ3) is 2.38. The van der Waals surface area contributed by atoms with Gasteiger partial charge in [0.05, 0.1) is 14.2 Å². The summed E-state index contributed by atoms with van der Waals surface area (Å²) < 4.78 is 10.8. The summed E-state index contributed by atoms with van der Waals surface area (Å²) in [5.74, 6) is 1.46. The molecule has 1 unspecified atom stereocenters. The van der Waals surface area contributed by atoms with Crippen LogP contribution in [0.3, 0.4) is 0 Å². The van der Waals surface area contributed by atoms with Crippen molar-refractivity contribution in [2.45, 2.75) is 38.1 Å². The number of hydrogen-bond acceptors (Lipinski definition) is 4. The van der Waals surface area contributed by atoms with Crippen LogP contribution in [0.2, 0.25) is 0 Å². The summed E-state index contributed by atoms with van der Waals surface area (Å²) in [6.45, 7) is 2.53. The zero-order valence-corrected chi connectivity index (χ0v) is 13.9. The highest BCUT2D eigenvalue weighted by Gasteiger charge is 2.47. The Bertz CT molecular complexity index is 638. The van der Waals surface area contributed by atoms with E-state index in [4.69, 9.17) is 9.47 Å². The van der Waals surface area contributed by atoms with E-state index in [1.807, 2.05) is 19.1 Å². The maximum Gasteiger partial charge on any atom is 0.226 e. The highest BCUT2D eigenvalue weighted by molar-refractivity contribution is 5.87. The number of carbonyl (C=O) groups is 2. The van der Waals surface area contributed by atoms with Gasteiger partial charge in [0, 0.05) is 12.5 Å². The monoisotopic (exact) mass is 317 g/mol. The van der Waals surface area contributed by atoms with Crippen LogP contribution in [0.25, 0.3) is 0 Å². The largest absolute Gasteiger partial charge is 0.493 e. The lowest BCUT2D eigenvalue weighted by molar-refractivity contribution is -0.145. The Morgan fingerprint density at radius 2 is 1.96 bits per heavy atom. The van der Waals surface area contributed by atoms with Gasteiger partial charge in [-0.3, -0.25) is 4.79 Å². The number of amides is 1. The third-order valence-electron chi connectivity index (χ3n) is 5.09. The van der Waals surface area contributed by atoms with Crippen molar-refractivity contribution in [1.29, 1.82) is 0 Å². The van der Waals surface area contributed by atoms with Gasteiger partial charge in [-0.25, -0.2) is 0 Å². The number of hydrogen-bond donors (Lipinski definition) is 0. The molecule has 3 rings (SSSR count). The van der Waals surface area contributed by atoms with Crippen molar-refractivity contribution >= 4 is 12.2 Å². The predicted octanol–water partition coefficient (Wildman–Crippen LogP) is 2.30. The van der Waals surface area contributed by atoms with E-state index < -0.39 is 5.54 Å². The molecule has 0 spiro atoms. The number of methoxy groups -OCH3 is 2. The van der Waals surface area contributed by atoms with Crippen LogP contribution in [0.1, 0.15) is 37.3 Å². The molecule has 0 aromatic heterocycles. The zero-order chi connectivity index (χ0) is 16.6. The van der Waals surface area contributed by atoms with E-state index >= 15 is 0 Å². The van der Waals surface area contributed by atoms with E-state index in [1.54, 1.807) is 19.1 Å². The average Bonchev–Trinajstić information content (AvgIpc) is 3.43. The number of ether oxygens (including phenoxy) is 2. The minimum Gasteiger partial charge on any atom is -0.493 e. The van der Waals surface area contributed by atoms with Crippen LogP contribution in [0.4, 0.5) is 0 Å². The van der Waals surface area contributed by atoms with Gasteiger partial charge in [0.15, 0.2) is 11.5 Å². The average molecular weight is 317 g/mol. The molecule has 1 aliphatic carbocycles. The Kier molecular flexibility index (Phi) is 4.04. The molecule has 1 aromatic carbocycles. The second kappa shape index (κ2) is 5.87.